The van der Waals surface area contributed by atoms with Crippen molar-refractivity contribution in [1.29, 1.82) is 0 Å². The third kappa shape index (κ3) is 3.27. The summed E-state index contributed by atoms with van der Waals surface area (Å²) >= 11 is 3.31. The molecule has 2 rings (SSSR count). The number of halogens is 2. The molecular weight excluding hydrogens is 299 g/mol. The molecule has 18 heavy (non-hydrogen) atoms. The molecule has 0 fully saturated rings. The van der Waals surface area contributed by atoms with Gasteiger partial charge in [-0.25, -0.2) is 4.39 Å². The fraction of sp³-hybridized carbons (Fsp3) is 0.154. The van der Waals surface area contributed by atoms with E-state index in [1.807, 2.05) is 6.07 Å². The van der Waals surface area contributed by atoms with Crippen LogP contribution in [0.2, 0.25) is 0 Å². The number of hydrogen-bond acceptors (Lipinski definition) is 3. The number of pyridine rings is 1. The lowest BCUT2D eigenvalue weighted by Gasteiger charge is -2.08. The van der Waals surface area contributed by atoms with Crippen molar-refractivity contribution < 1.29 is 9.13 Å². The van der Waals surface area contributed by atoms with Gasteiger partial charge in [0.2, 0.25) is 0 Å². The molecule has 0 amide bonds. The lowest BCUT2D eigenvalue weighted by molar-refractivity contribution is 0.470. The van der Waals surface area contributed by atoms with Crippen molar-refractivity contribution in [3.63, 3.8) is 0 Å². The molecule has 5 heteroatoms. The van der Waals surface area contributed by atoms with E-state index < -0.39 is 0 Å². The Morgan fingerprint density at radius 3 is 2.89 bits per heavy atom. The summed E-state index contributed by atoms with van der Waals surface area (Å²) in [4.78, 5) is 4.06. The van der Waals surface area contributed by atoms with Gasteiger partial charge in [-0.2, -0.15) is 0 Å². The van der Waals surface area contributed by atoms with Crippen LogP contribution >= 0.6 is 15.9 Å². The minimum absolute atomic E-state index is 0.348. The number of ether oxygens (including phenoxy) is 1. The summed E-state index contributed by atoms with van der Waals surface area (Å²) in [6.07, 6.45) is 4.05. The maximum Gasteiger partial charge on any atom is 0.146 e. The largest absolute Gasteiger partial charge is 0.454 e. The standard InChI is InChI=1S/C13H12BrFN2O/c14-12-2-1-10(15)6-13(12)18-11-5-9(3-4-16)7-17-8-11/h1-2,5-8H,3-4,16H2. The maximum absolute atomic E-state index is 13.1. The first-order chi connectivity index (χ1) is 8.69. The highest BCUT2D eigenvalue weighted by Gasteiger charge is 2.05. The maximum atomic E-state index is 13.1. The minimum atomic E-state index is -0.348. The van der Waals surface area contributed by atoms with Crippen molar-refractivity contribution in [1.82, 2.24) is 4.98 Å². The number of hydrogen-bond donors (Lipinski definition) is 1. The number of aromatic nitrogens is 1. The molecule has 0 saturated heterocycles. The molecule has 2 aromatic rings. The lowest BCUT2D eigenvalue weighted by atomic mass is 10.2. The monoisotopic (exact) mass is 310 g/mol. The van der Waals surface area contributed by atoms with Crippen LogP contribution in [0, 0.1) is 5.82 Å². The van der Waals surface area contributed by atoms with Crippen LogP contribution in [-0.2, 0) is 6.42 Å². The van der Waals surface area contributed by atoms with Gasteiger partial charge in [0.05, 0.1) is 10.7 Å². The highest BCUT2D eigenvalue weighted by atomic mass is 79.9. The fourth-order valence-corrected chi connectivity index (χ4v) is 1.83. The van der Waals surface area contributed by atoms with Crippen molar-refractivity contribution in [3.8, 4) is 11.5 Å². The molecule has 1 heterocycles. The molecule has 1 aromatic carbocycles. The first-order valence-corrected chi connectivity index (χ1v) is 6.25. The molecule has 94 valence electrons. The van der Waals surface area contributed by atoms with E-state index in [-0.39, 0.29) is 5.82 Å². The van der Waals surface area contributed by atoms with Crippen LogP contribution in [0.25, 0.3) is 0 Å². The SMILES string of the molecule is NCCc1cncc(Oc2cc(F)ccc2Br)c1. The highest BCUT2D eigenvalue weighted by molar-refractivity contribution is 9.10. The van der Waals surface area contributed by atoms with E-state index in [1.165, 1.54) is 12.1 Å². The van der Waals surface area contributed by atoms with Crippen LogP contribution < -0.4 is 10.5 Å². The van der Waals surface area contributed by atoms with Gasteiger partial charge in [0.15, 0.2) is 0 Å². The predicted octanol–water partition coefficient (Wildman–Crippen LogP) is 3.28. The van der Waals surface area contributed by atoms with Gasteiger partial charge in [0.25, 0.3) is 0 Å². The van der Waals surface area contributed by atoms with Gasteiger partial charge in [-0.05, 0) is 52.7 Å². The van der Waals surface area contributed by atoms with E-state index in [4.69, 9.17) is 10.5 Å². The summed E-state index contributed by atoms with van der Waals surface area (Å²) in [5.74, 6) is 0.633. The molecule has 0 radical (unpaired) electrons. The second-order valence-electron chi connectivity index (χ2n) is 3.74. The minimum Gasteiger partial charge on any atom is -0.454 e. The Morgan fingerprint density at radius 1 is 1.28 bits per heavy atom. The summed E-state index contributed by atoms with van der Waals surface area (Å²) in [5.41, 5.74) is 6.47. The molecule has 0 unspecified atom stereocenters. The normalized spacial score (nSPS) is 10.4. The van der Waals surface area contributed by atoms with E-state index in [9.17, 15) is 4.39 Å². The molecule has 0 saturated carbocycles. The third-order valence-corrected chi connectivity index (χ3v) is 2.98. The second kappa shape index (κ2) is 5.93. The molecule has 0 spiro atoms. The van der Waals surface area contributed by atoms with Crippen molar-refractivity contribution in [3.05, 3.63) is 52.5 Å². The Bertz CT molecular complexity index is 548. The van der Waals surface area contributed by atoms with Gasteiger partial charge in [0, 0.05) is 12.3 Å². The van der Waals surface area contributed by atoms with Crippen molar-refractivity contribution in [2.75, 3.05) is 6.54 Å². The van der Waals surface area contributed by atoms with Crippen molar-refractivity contribution in [2.45, 2.75) is 6.42 Å². The average Bonchev–Trinajstić information content (AvgIpc) is 2.35. The smallest absolute Gasteiger partial charge is 0.146 e. The summed E-state index contributed by atoms with van der Waals surface area (Å²) in [6.45, 7) is 0.550. The van der Waals surface area contributed by atoms with Gasteiger partial charge in [-0.15, -0.1) is 0 Å². The quantitative estimate of drug-likeness (QED) is 0.942. The first-order valence-electron chi connectivity index (χ1n) is 5.46. The Morgan fingerprint density at radius 2 is 2.11 bits per heavy atom. The van der Waals surface area contributed by atoms with Crippen LogP contribution in [0.15, 0.2) is 41.1 Å². The number of benzene rings is 1. The zero-order chi connectivity index (χ0) is 13.0. The topological polar surface area (TPSA) is 48.1 Å². The van der Waals surface area contributed by atoms with Gasteiger partial charge in [-0.3, -0.25) is 4.98 Å². The summed E-state index contributed by atoms with van der Waals surface area (Å²) in [5, 5.41) is 0. The van der Waals surface area contributed by atoms with E-state index >= 15 is 0 Å². The fourth-order valence-electron chi connectivity index (χ4n) is 1.51. The first kappa shape index (κ1) is 13.0. The number of nitrogens with two attached hydrogens (primary N) is 1. The van der Waals surface area contributed by atoms with Crippen LogP contribution in [0.1, 0.15) is 5.56 Å². The Hall–Kier alpha value is -1.46. The second-order valence-corrected chi connectivity index (χ2v) is 4.60. The van der Waals surface area contributed by atoms with E-state index in [0.717, 1.165) is 12.0 Å². The Balaban J connectivity index is 2.22. The zero-order valence-corrected chi connectivity index (χ0v) is 11.2. The molecule has 0 atom stereocenters. The Kier molecular flexibility index (Phi) is 4.28. The molecule has 2 N–H and O–H groups in total. The van der Waals surface area contributed by atoms with Crippen LogP contribution in [0.5, 0.6) is 11.5 Å². The zero-order valence-electron chi connectivity index (χ0n) is 9.57. The van der Waals surface area contributed by atoms with Crippen molar-refractivity contribution in [2.24, 2.45) is 5.73 Å². The summed E-state index contributed by atoms with van der Waals surface area (Å²) in [6, 6.07) is 6.12. The summed E-state index contributed by atoms with van der Waals surface area (Å²) < 4.78 is 19.4. The number of rotatable bonds is 4. The molecule has 0 aliphatic carbocycles. The predicted molar refractivity (Wildman–Crippen MR) is 71.2 cm³/mol. The van der Waals surface area contributed by atoms with E-state index in [1.54, 1.807) is 18.5 Å². The van der Waals surface area contributed by atoms with Gasteiger partial charge >= 0.3 is 0 Å². The molecular formula is C13H12BrFN2O. The van der Waals surface area contributed by atoms with E-state index in [2.05, 4.69) is 20.9 Å². The van der Waals surface area contributed by atoms with Gasteiger partial charge in [0.1, 0.15) is 17.3 Å². The molecule has 3 nitrogen and oxygen atoms in total. The average molecular weight is 311 g/mol. The third-order valence-electron chi connectivity index (χ3n) is 2.32. The molecule has 1 aromatic heterocycles. The summed E-state index contributed by atoms with van der Waals surface area (Å²) in [7, 11) is 0. The van der Waals surface area contributed by atoms with E-state index in [0.29, 0.717) is 22.5 Å². The van der Waals surface area contributed by atoms with Crippen LogP contribution in [0.3, 0.4) is 0 Å². The Labute approximate surface area is 113 Å². The van der Waals surface area contributed by atoms with Crippen LogP contribution in [0.4, 0.5) is 4.39 Å². The van der Waals surface area contributed by atoms with Crippen LogP contribution in [-0.4, -0.2) is 11.5 Å². The highest BCUT2D eigenvalue weighted by Crippen LogP contribution is 2.30. The molecule has 0 aliphatic heterocycles. The molecule has 0 bridgehead atoms. The van der Waals surface area contributed by atoms with Gasteiger partial charge in [-0.1, -0.05) is 0 Å². The lowest BCUT2D eigenvalue weighted by Crippen LogP contribution is -2.03. The number of nitrogens with zero attached hydrogens (tertiary/aromatic N) is 1. The molecule has 0 aliphatic rings. The van der Waals surface area contributed by atoms with Gasteiger partial charge < -0.3 is 10.5 Å². The van der Waals surface area contributed by atoms with Crippen molar-refractivity contribution >= 4 is 15.9 Å².